The van der Waals surface area contributed by atoms with Gasteiger partial charge in [0.1, 0.15) is 12.4 Å². The van der Waals surface area contributed by atoms with Crippen LogP contribution in [0, 0.1) is 5.41 Å². The van der Waals surface area contributed by atoms with Crippen molar-refractivity contribution in [3.05, 3.63) is 42.5 Å². The maximum atomic E-state index is 12.7. The molecule has 8 nitrogen and oxygen atoms in total. The van der Waals surface area contributed by atoms with Gasteiger partial charge < -0.3 is 15.0 Å². The van der Waals surface area contributed by atoms with Crippen molar-refractivity contribution < 1.29 is 22.7 Å². The van der Waals surface area contributed by atoms with E-state index < -0.39 is 15.4 Å². The number of carbonyl (C=O) groups is 2. The topological polar surface area (TPSA) is 105 Å². The first-order valence-corrected chi connectivity index (χ1v) is 10.4. The Hall–Kier alpha value is -3.07. The van der Waals surface area contributed by atoms with Gasteiger partial charge in [-0.1, -0.05) is 0 Å². The summed E-state index contributed by atoms with van der Waals surface area (Å²) >= 11 is 0. The molecule has 0 aromatic heterocycles. The minimum atomic E-state index is -3.84. The van der Waals surface area contributed by atoms with Gasteiger partial charge in [-0.15, -0.1) is 0 Å². The molecule has 0 atom stereocenters. The van der Waals surface area contributed by atoms with Gasteiger partial charge >= 0.3 is 0 Å². The second kappa shape index (κ2) is 7.40. The first kappa shape index (κ1) is 20.7. The van der Waals surface area contributed by atoms with E-state index in [0.717, 1.165) is 0 Å². The summed E-state index contributed by atoms with van der Waals surface area (Å²) in [6, 6.07) is 10.6. The third kappa shape index (κ3) is 4.34. The number of nitrogens with zero attached hydrogens (tertiary/aromatic N) is 1. The van der Waals surface area contributed by atoms with E-state index in [1.54, 1.807) is 39.1 Å². The van der Waals surface area contributed by atoms with Gasteiger partial charge in [0, 0.05) is 25.7 Å². The van der Waals surface area contributed by atoms with E-state index in [4.69, 9.17) is 4.74 Å². The van der Waals surface area contributed by atoms with Gasteiger partial charge in [0.05, 0.1) is 21.7 Å². The lowest BCUT2D eigenvalue weighted by Gasteiger charge is -2.24. The second-order valence-electron chi connectivity index (χ2n) is 7.53. The number of nitrogens with one attached hydrogen (secondary N) is 2. The summed E-state index contributed by atoms with van der Waals surface area (Å²) in [6.45, 7) is 5.15. The zero-order valence-electron chi connectivity index (χ0n) is 16.6. The third-order valence-corrected chi connectivity index (χ3v) is 5.93. The smallest absolute Gasteiger partial charge is 0.261 e. The molecule has 0 radical (unpaired) electrons. The Morgan fingerprint density at radius 1 is 1.10 bits per heavy atom. The molecule has 1 aliphatic heterocycles. The average Bonchev–Trinajstić information content (AvgIpc) is 2.72. The number of benzene rings is 2. The molecule has 1 heterocycles. The minimum Gasteiger partial charge on any atom is -0.490 e. The van der Waals surface area contributed by atoms with Crippen molar-refractivity contribution in [3.63, 3.8) is 0 Å². The van der Waals surface area contributed by atoms with Crippen LogP contribution in [0.4, 0.5) is 17.1 Å². The zero-order valence-corrected chi connectivity index (χ0v) is 17.5. The standard InChI is InChI=1S/C20H23N3O5S/c1-13(24)21-14-5-8-16(9-6-14)29(26,27)22-15-7-10-17-18(11-15)28-12-20(2,3)19(25)23(17)4/h5-11,22H,12H2,1-4H3,(H,21,24). The SMILES string of the molecule is CC(=O)Nc1ccc(S(=O)(=O)Nc2ccc3c(c2)OCC(C)(C)C(=O)N3C)cc1. The number of sulfonamides is 1. The number of amides is 2. The van der Waals surface area contributed by atoms with Crippen molar-refractivity contribution in [2.45, 2.75) is 25.7 Å². The Bertz CT molecular complexity index is 1060. The molecule has 0 aliphatic carbocycles. The predicted molar refractivity (Wildman–Crippen MR) is 111 cm³/mol. The van der Waals surface area contributed by atoms with Crippen molar-refractivity contribution in [2.24, 2.45) is 5.41 Å². The quantitative estimate of drug-likeness (QED) is 0.796. The Balaban J connectivity index is 1.85. The lowest BCUT2D eigenvalue weighted by molar-refractivity contribution is -0.127. The molecule has 0 saturated carbocycles. The van der Waals surface area contributed by atoms with E-state index >= 15 is 0 Å². The molecule has 2 N–H and O–H groups in total. The predicted octanol–water partition coefficient (Wildman–Crippen LogP) is 2.83. The lowest BCUT2D eigenvalue weighted by atomic mass is 9.93. The van der Waals surface area contributed by atoms with Gasteiger partial charge in [0.2, 0.25) is 11.8 Å². The van der Waals surface area contributed by atoms with Crippen LogP contribution in [-0.2, 0) is 19.6 Å². The Kier molecular flexibility index (Phi) is 5.27. The third-order valence-electron chi connectivity index (χ3n) is 4.53. The highest BCUT2D eigenvalue weighted by molar-refractivity contribution is 7.92. The number of fused-ring (bicyclic) bond motifs is 1. The monoisotopic (exact) mass is 417 g/mol. The average molecular weight is 417 g/mol. The first-order chi connectivity index (χ1) is 13.5. The fourth-order valence-electron chi connectivity index (χ4n) is 2.99. The molecule has 2 aromatic rings. The molecular formula is C20H23N3O5S. The number of anilines is 3. The molecule has 9 heteroatoms. The maximum Gasteiger partial charge on any atom is 0.261 e. The van der Waals surface area contributed by atoms with Crippen LogP contribution >= 0.6 is 0 Å². The fourth-order valence-corrected chi connectivity index (χ4v) is 4.04. The molecule has 0 bridgehead atoms. The van der Waals surface area contributed by atoms with Crippen molar-refractivity contribution in [1.29, 1.82) is 0 Å². The van der Waals surface area contributed by atoms with Crippen LogP contribution in [0.1, 0.15) is 20.8 Å². The normalized spacial score (nSPS) is 15.7. The molecule has 154 valence electrons. The molecular weight excluding hydrogens is 394 g/mol. The van der Waals surface area contributed by atoms with Crippen molar-refractivity contribution in [1.82, 2.24) is 0 Å². The number of carbonyl (C=O) groups excluding carboxylic acids is 2. The van der Waals surface area contributed by atoms with E-state index in [0.29, 0.717) is 22.8 Å². The Morgan fingerprint density at radius 2 is 1.72 bits per heavy atom. The van der Waals surface area contributed by atoms with Crippen LogP contribution in [0.2, 0.25) is 0 Å². The molecule has 0 spiro atoms. The van der Waals surface area contributed by atoms with Gasteiger partial charge in [-0.25, -0.2) is 8.42 Å². The summed E-state index contributed by atoms with van der Waals surface area (Å²) < 4.78 is 33.7. The van der Waals surface area contributed by atoms with E-state index in [1.165, 1.54) is 36.1 Å². The highest BCUT2D eigenvalue weighted by Gasteiger charge is 2.36. The van der Waals surface area contributed by atoms with Crippen LogP contribution in [0.3, 0.4) is 0 Å². The van der Waals surface area contributed by atoms with E-state index in [2.05, 4.69) is 10.0 Å². The Morgan fingerprint density at radius 3 is 2.34 bits per heavy atom. The molecule has 2 amide bonds. The lowest BCUT2D eigenvalue weighted by Crippen LogP contribution is -2.39. The van der Waals surface area contributed by atoms with Crippen LogP contribution in [-0.4, -0.2) is 33.9 Å². The zero-order chi connectivity index (χ0) is 21.4. The molecule has 3 rings (SSSR count). The van der Waals surface area contributed by atoms with Crippen molar-refractivity contribution in [3.8, 4) is 5.75 Å². The summed E-state index contributed by atoms with van der Waals surface area (Å²) in [7, 11) is -2.18. The Labute approximate surface area is 169 Å². The van der Waals surface area contributed by atoms with Gasteiger partial charge in [-0.2, -0.15) is 0 Å². The minimum absolute atomic E-state index is 0.0518. The van der Waals surface area contributed by atoms with Crippen LogP contribution in [0.25, 0.3) is 0 Å². The van der Waals surface area contributed by atoms with Crippen LogP contribution in [0.5, 0.6) is 5.75 Å². The number of hydrogen-bond acceptors (Lipinski definition) is 5. The van der Waals surface area contributed by atoms with E-state index in [1.807, 2.05) is 0 Å². The fraction of sp³-hybridized carbons (Fsp3) is 0.300. The summed E-state index contributed by atoms with van der Waals surface area (Å²) in [5, 5.41) is 2.58. The molecule has 29 heavy (non-hydrogen) atoms. The molecule has 0 unspecified atom stereocenters. The summed E-state index contributed by atoms with van der Waals surface area (Å²) in [6.07, 6.45) is 0. The maximum absolute atomic E-state index is 12.7. The highest BCUT2D eigenvalue weighted by Crippen LogP contribution is 2.37. The van der Waals surface area contributed by atoms with Gasteiger partial charge in [0.15, 0.2) is 0 Å². The first-order valence-electron chi connectivity index (χ1n) is 8.95. The summed E-state index contributed by atoms with van der Waals surface area (Å²) in [5.41, 5.74) is 0.701. The van der Waals surface area contributed by atoms with Crippen molar-refractivity contribution in [2.75, 3.05) is 28.6 Å². The largest absolute Gasteiger partial charge is 0.490 e. The van der Waals surface area contributed by atoms with E-state index in [-0.39, 0.29) is 23.3 Å². The van der Waals surface area contributed by atoms with Gasteiger partial charge in [0.25, 0.3) is 10.0 Å². The number of rotatable bonds is 4. The molecule has 1 aliphatic rings. The molecule has 2 aromatic carbocycles. The van der Waals surface area contributed by atoms with Gasteiger partial charge in [-0.3, -0.25) is 14.3 Å². The number of ether oxygens (including phenoxy) is 1. The number of hydrogen-bond donors (Lipinski definition) is 2. The van der Waals surface area contributed by atoms with E-state index in [9.17, 15) is 18.0 Å². The van der Waals surface area contributed by atoms with Crippen LogP contribution in [0.15, 0.2) is 47.4 Å². The van der Waals surface area contributed by atoms with Crippen molar-refractivity contribution >= 4 is 38.9 Å². The highest BCUT2D eigenvalue weighted by atomic mass is 32.2. The summed E-state index contributed by atoms with van der Waals surface area (Å²) in [5.74, 6) is 0.104. The molecule has 0 fully saturated rings. The second-order valence-corrected chi connectivity index (χ2v) is 9.21. The molecule has 0 saturated heterocycles. The van der Waals surface area contributed by atoms with Crippen LogP contribution < -0.4 is 19.7 Å². The van der Waals surface area contributed by atoms with Gasteiger partial charge in [-0.05, 0) is 50.2 Å². The summed E-state index contributed by atoms with van der Waals surface area (Å²) in [4.78, 5) is 25.2.